The van der Waals surface area contributed by atoms with Crippen molar-refractivity contribution in [1.29, 1.82) is 0 Å². The second-order valence-electron chi connectivity index (χ2n) is 4.68. The maximum atomic E-state index is 11.2. The molecule has 1 saturated heterocycles. The molecule has 2 unspecified atom stereocenters. The van der Waals surface area contributed by atoms with E-state index in [0.717, 1.165) is 19.4 Å². The molecule has 1 N–H and O–H groups in total. The van der Waals surface area contributed by atoms with E-state index < -0.39 is 5.97 Å². The van der Waals surface area contributed by atoms with Crippen molar-refractivity contribution in [3.63, 3.8) is 0 Å². The Bertz CT molecular complexity index is 418. The number of likely N-dealkylation sites (tertiary alicyclic amines) is 1. The van der Waals surface area contributed by atoms with E-state index >= 15 is 0 Å². The number of rotatable bonds is 4. The molecule has 3 nitrogen and oxygen atoms in total. The van der Waals surface area contributed by atoms with Crippen molar-refractivity contribution >= 4 is 17.7 Å². The molecule has 2 atom stereocenters. The van der Waals surface area contributed by atoms with Crippen LogP contribution in [0.4, 0.5) is 0 Å². The van der Waals surface area contributed by atoms with Crippen molar-refractivity contribution in [2.45, 2.75) is 36.7 Å². The minimum Gasteiger partial charge on any atom is -0.480 e. The average Bonchev–Trinajstić information content (AvgIpc) is 2.87. The van der Waals surface area contributed by atoms with Crippen molar-refractivity contribution in [3.8, 4) is 0 Å². The summed E-state index contributed by atoms with van der Waals surface area (Å²) in [5.74, 6) is -0.694. The van der Waals surface area contributed by atoms with Gasteiger partial charge >= 0.3 is 5.97 Å². The van der Waals surface area contributed by atoms with E-state index in [1.54, 1.807) is 11.8 Å². The Morgan fingerprint density at radius 2 is 2.11 bits per heavy atom. The van der Waals surface area contributed by atoms with Gasteiger partial charge < -0.3 is 5.11 Å². The number of carboxylic acids is 1. The first-order valence-corrected chi connectivity index (χ1v) is 7.48. The lowest BCUT2D eigenvalue weighted by Crippen LogP contribution is -2.37. The van der Waals surface area contributed by atoms with E-state index in [1.807, 2.05) is 0 Å². The summed E-state index contributed by atoms with van der Waals surface area (Å²) in [6.07, 6.45) is 3.80. The zero-order valence-corrected chi connectivity index (χ0v) is 11.6. The van der Waals surface area contributed by atoms with Crippen LogP contribution in [0.5, 0.6) is 0 Å². The highest BCUT2D eigenvalue weighted by Crippen LogP contribution is 2.30. The highest BCUT2D eigenvalue weighted by atomic mass is 32.2. The van der Waals surface area contributed by atoms with Crippen LogP contribution in [0.1, 0.15) is 31.4 Å². The van der Waals surface area contributed by atoms with Gasteiger partial charge in [-0.1, -0.05) is 12.1 Å². The van der Waals surface area contributed by atoms with E-state index in [1.165, 1.54) is 10.5 Å². The zero-order chi connectivity index (χ0) is 13.1. The molecule has 18 heavy (non-hydrogen) atoms. The molecule has 1 aliphatic heterocycles. The third-order valence-corrected chi connectivity index (χ3v) is 4.42. The summed E-state index contributed by atoms with van der Waals surface area (Å²) in [5.41, 5.74) is 1.20. The lowest BCUT2D eigenvalue weighted by Gasteiger charge is -2.28. The largest absolute Gasteiger partial charge is 0.480 e. The van der Waals surface area contributed by atoms with Crippen LogP contribution in [0.3, 0.4) is 0 Å². The quantitative estimate of drug-likeness (QED) is 0.850. The van der Waals surface area contributed by atoms with Gasteiger partial charge in [-0.25, -0.2) is 0 Å². The van der Waals surface area contributed by atoms with Crippen molar-refractivity contribution in [2.75, 3.05) is 12.8 Å². The number of benzene rings is 1. The first-order chi connectivity index (χ1) is 8.63. The van der Waals surface area contributed by atoms with Crippen molar-refractivity contribution in [3.05, 3.63) is 29.8 Å². The minimum absolute atomic E-state index is 0.171. The normalized spacial score (nSPS) is 22.0. The number of thioether (sulfide) groups is 1. The van der Waals surface area contributed by atoms with Crippen molar-refractivity contribution in [1.82, 2.24) is 4.90 Å². The summed E-state index contributed by atoms with van der Waals surface area (Å²) in [6.45, 7) is 2.97. The second-order valence-corrected chi connectivity index (χ2v) is 5.56. The summed E-state index contributed by atoms with van der Waals surface area (Å²) in [7, 11) is 0. The average molecular weight is 265 g/mol. The minimum atomic E-state index is -0.694. The third kappa shape index (κ3) is 2.70. The zero-order valence-electron chi connectivity index (χ0n) is 10.8. The Kier molecular flexibility index (Phi) is 4.30. The molecular formula is C14H19NO2S. The molecular weight excluding hydrogens is 246 g/mol. The van der Waals surface area contributed by atoms with E-state index in [0.29, 0.717) is 0 Å². The molecule has 1 aromatic rings. The van der Waals surface area contributed by atoms with Crippen LogP contribution in [0, 0.1) is 0 Å². The maximum absolute atomic E-state index is 11.2. The fraction of sp³-hybridized carbons (Fsp3) is 0.500. The molecule has 4 heteroatoms. The SMILES string of the molecule is CSc1ccc(C(C)N2CCCC2C(=O)O)cc1. The topological polar surface area (TPSA) is 40.5 Å². The Morgan fingerprint density at radius 3 is 2.67 bits per heavy atom. The molecule has 0 bridgehead atoms. The summed E-state index contributed by atoms with van der Waals surface area (Å²) < 4.78 is 0. The molecule has 0 amide bonds. The van der Waals surface area contributed by atoms with Crippen molar-refractivity contribution < 1.29 is 9.90 Å². The highest BCUT2D eigenvalue weighted by molar-refractivity contribution is 7.98. The van der Waals surface area contributed by atoms with E-state index in [-0.39, 0.29) is 12.1 Å². The first-order valence-electron chi connectivity index (χ1n) is 6.26. The summed E-state index contributed by atoms with van der Waals surface area (Å²) in [6, 6.07) is 8.26. The number of hydrogen-bond donors (Lipinski definition) is 1. The molecule has 0 aliphatic carbocycles. The molecule has 1 heterocycles. The van der Waals surface area contributed by atoms with Gasteiger partial charge in [-0.3, -0.25) is 9.69 Å². The van der Waals surface area contributed by atoms with Gasteiger partial charge in [-0.05, 0) is 50.3 Å². The molecule has 0 aromatic heterocycles. The van der Waals surface area contributed by atoms with Crippen LogP contribution in [0.15, 0.2) is 29.2 Å². The van der Waals surface area contributed by atoms with Crippen LogP contribution >= 0.6 is 11.8 Å². The number of nitrogens with zero attached hydrogens (tertiary/aromatic N) is 1. The monoisotopic (exact) mass is 265 g/mol. The predicted octanol–water partition coefficient (Wildman–Crippen LogP) is 3.02. The first kappa shape index (κ1) is 13.4. The highest BCUT2D eigenvalue weighted by Gasteiger charge is 2.33. The fourth-order valence-corrected chi connectivity index (χ4v) is 3.00. The molecule has 98 valence electrons. The summed E-state index contributed by atoms with van der Waals surface area (Å²) in [4.78, 5) is 14.5. The Labute approximate surface area is 112 Å². The maximum Gasteiger partial charge on any atom is 0.320 e. The second kappa shape index (κ2) is 5.76. The van der Waals surface area contributed by atoms with Crippen LogP contribution < -0.4 is 0 Å². The van der Waals surface area contributed by atoms with Gasteiger partial charge in [0.1, 0.15) is 6.04 Å². The fourth-order valence-electron chi connectivity index (χ4n) is 2.59. The Balaban J connectivity index is 2.14. The predicted molar refractivity (Wildman–Crippen MR) is 74.0 cm³/mol. The Hall–Kier alpha value is -1.00. The number of aliphatic carboxylic acids is 1. The molecule has 2 rings (SSSR count). The standard InChI is InChI=1S/C14H19NO2S/c1-10(11-5-7-12(18-2)8-6-11)15-9-3-4-13(15)14(16)17/h5-8,10,13H,3-4,9H2,1-2H3,(H,16,17). The molecule has 1 fully saturated rings. The third-order valence-electron chi connectivity index (χ3n) is 3.67. The van der Waals surface area contributed by atoms with Crippen LogP contribution in [-0.4, -0.2) is 34.8 Å². The summed E-state index contributed by atoms with van der Waals surface area (Å²) >= 11 is 1.72. The molecule has 0 saturated carbocycles. The van der Waals surface area contributed by atoms with Gasteiger partial charge in [-0.2, -0.15) is 0 Å². The van der Waals surface area contributed by atoms with Crippen molar-refractivity contribution in [2.24, 2.45) is 0 Å². The van der Waals surface area contributed by atoms with E-state index in [4.69, 9.17) is 0 Å². The number of carbonyl (C=O) groups is 1. The van der Waals surface area contributed by atoms with Crippen LogP contribution in [0.25, 0.3) is 0 Å². The van der Waals surface area contributed by atoms with E-state index in [9.17, 15) is 9.90 Å². The van der Waals surface area contributed by atoms with Gasteiger partial charge in [0.15, 0.2) is 0 Å². The smallest absolute Gasteiger partial charge is 0.320 e. The van der Waals surface area contributed by atoms with Crippen LogP contribution in [-0.2, 0) is 4.79 Å². The van der Waals surface area contributed by atoms with Gasteiger partial charge in [0.2, 0.25) is 0 Å². The van der Waals surface area contributed by atoms with Gasteiger partial charge in [0.25, 0.3) is 0 Å². The lowest BCUT2D eigenvalue weighted by molar-refractivity contribution is -0.142. The molecule has 0 radical (unpaired) electrons. The Morgan fingerprint density at radius 1 is 1.44 bits per heavy atom. The van der Waals surface area contributed by atoms with E-state index in [2.05, 4.69) is 42.3 Å². The number of carboxylic acid groups (broad SMARTS) is 1. The summed E-state index contributed by atoms with van der Waals surface area (Å²) in [5, 5.41) is 9.22. The lowest BCUT2D eigenvalue weighted by atomic mass is 10.1. The molecule has 0 spiro atoms. The van der Waals surface area contributed by atoms with Gasteiger partial charge in [0.05, 0.1) is 0 Å². The van der Waals surface area contributed by atoms with Crippen LogP contribution in [0.2, 0.25) is 0 Å². The molecule has 1 aromatic carbocycles. The van der Waals surface area contributed by atoms with Gasteiger partial charge in [-0.15, -0.1) is 11.8 Å². The van der Waals surface area contributed by atoms with Gasteiger partial charge in [0, 0.05) is 10.9 Å². The molecule has 1 aliphatic rings. The number of hydrogen-bond acceptors (Lipinski definition) is 3.